The Morgan fingerprint density at radius 3 is 2.28 bits per heavy atom. The van der Waals surface area contributed by atoms with E-state index in [2.05, 4.69) is 0 Å². The van der Waals surface area contributed by atoms with Gasteiger partial charge in [-0.05, 0) is 43.2 Å². The molecule has 0 radical (unpaired) electrons. The average Bonchev–Trinajstić information content (AvgIpc) is 3.21. The van der Waals surface area contributed by atoms with Crippen molar-refractivity contribution in [3.05, 3.63) is 47.7 Å². The zero-order valence-electron chi connectivity index (χ0n) is 13.0. The lowest BCUT2D eigenvalue weighted by Gasteiger charge is -2.12. The second-order valence-electron chi connectivity index (χ2n) is 5.67. The molecule has 1 aromatic carbocycles. The minimum Gasteiger partial charge on any atom is -0.447 e. The van der Waals surface area contributed by atoms with Crippen molar-refractivity contribution in [2.24, 2.45) is 0 Å². The Hall–Kier alpha value is -1.78. The fourth-order valence-corrected chi connectivity index (χ4v) is 5.27. The molecule has 1 fully saturated rings. The summed E-state index contributed by atoms with van der Waals surface area (Å²) in [5.41, 5.74) is 0. The van der Waals surface area contributed by atoms with Crippen LogP contribution in [0.1, 0.15) is 18.6 Å². The Morgan fingerprint density at radius 1 is 0.960 bits per heavy atom. The largest absolute Gasteiger partial charge is 0.447 e. The molecule has 1 aliphatic rings. The molecule has 1 saturated heterocycles. The summed E-state index contributed by atoms with van der Waals surface area (Å²) in [4.78, 5) is -0.410. The van der Waals surface area contributed by atoms with E-state index >= 15 is 0 Å². The maximum absolute atomic E-state index is 13.2. The van der Waals surface area contributed by atoms with E-state index < -0.39 is 42.1 Å². The summed E-state index contributed by atoms with van der Waals surface area (Å²) >= 11 is 0. The third-order valence-corrected chi connectivity index (χ3v) is 7.29. The van der Waals surface area contributed by atoms with E-state index in [9.17, 15) is 25.6 Å². The zero-order chi connectivity index (χ0) is 18.2. The molecule has 1 aromatic heterocycles. The van der Waals surface area contributed by atoms with Gasteiger partial charge in [-0.3, -0.25) is 0 Å². The highest BCUT2D eigenvalue weighted by Gasteiger charge is 2.30. The first kappa shape index (κ1) is 18.0. The van der Waals surface area contributed by atoms with E-state index in [1.165, 1.54) is 16.4 Å². The molecular weight excluding hydrogens is 376 g/mol. The van der Waals surface area contributed by atoms with Crippen LogP contribution in [0.4, 0.5) is 8.78 Å². The van der Waals surface area contributed by atoms with Crippen LogP contribution in [0, 0.1) is 11.6 Å². The predicted octanol–water partition coefficient (Wildman–Crippen LogP) is 2.32. The summed E-state index contributed by atoms with van der Waals surface area (Å²) < 4.78 is 81.9. The van der Waals surface area contributed by atoms with Gasteiger partial charge in [-0.25, -0.2) is 25.6 Å². The van der Waals surface area contributed by atoms with E-state index in [1.54, 1.807) is 0 Å². The summed E-state index contributed by atoms with van der Waals surface area (Å²) in [7, 11) is -7.80. The number of rotatable bonds is 5. The molecule has 0 aliphatic carbocycles. The summed E-state index contributed by atoms with van der Waals surface area (Å²) in [6.45, 7) is 0.789. The Labute approximate surface area is 144 Å². The zero-order valence-corrected chi connectivity index (χ0v) is 14.6. The molecule has 6 nitrogen and oxygen atoms in total. The van der Waals surface area contributed by atoms with E-state index in [0.29, 0.717) is 25.2 Å². The molecule has 1 aliphatic heterocycles. The van der Waals surface area contributed by atoms with E-state index in [-0.39, 0.29) is 10.9 Å². The highest BCUT2D eigenvalue weighted by atomic mass is 32.2. The first-order valence-electron chi connectivity index (χ1n) is 7.47. The lowest BCUT2D eigenvalue weighted by molar-refractivity contribution is 0.395. The number of hydrogen-bond acceptors (Lipinski definition) is 5. The highest BCUT2D eigenvalue weighted by molar-refractivity contribution is 7.90. The Morgan fingerprint density at radius 2 is 1.64 bits per heavy atom. The van der Waals surface area contributed by atoms with Gasteiger partial charge in [-0.15, -0.1) is 0 Å². The Bertz CT molecular complexity index is 993. The summed E-state index contributed by atoms with van der Waals surface area (Å²) in [6, 6.07) is 4.69. The van der Waals surface area contributed by atoms with Crippen LogP contribution in [0.5, 0.6) is 0 Å². The normalized spacial score (nSPS) is 16.4. The van der Waals surface area contributed by atoms with Crippen molar-refractivity contribution < 1.29 is 30.0 Å². The van der Waals surface area contributed by atoms with Gasteiger partial charge in [0.2, 0.25) is 5.09 Å². The highest BCUT2D eigenvalue weighted by Crippen LogP contribution is 2.25. The van der Waals surface area contributed by atoms with Crippen molar-refractivity contribution in [1.82, 2.24) is 4.31 Å². The van der Waals surface area contributed by atoms with E-state index in [0.717, 1.165) is 18.9 Å². The van der Waals surface area contributed by atoms with Crippen molar-refractivity contribution in [1.29, 1.82) is 0 Å². The minimum absolute atomic E-state index is 0.0949. The van der Waals surface area contributed by atoms with Gasteiger partial charge < -0.3 is 4.42 Å². The van der Waals surface area contributed by atoms with E-state index in [1.807, 2.05) is 0 Å². The second-order valence-corrected chi connectivity index (χ2v) is 9.53. The molecule has 2 aromatic rings. The number of sulfonamides is 1. The molecule has 0 unspecified atom stereocenters. The first-order chi connectivity index (χ1) is 11.7. The molecule has 0 atom stereocenters. The third-order valence-electron chi connectivity index (χ3n) is 3.88. The molecule has 0 N–H and O–H groups in total. The van der Waals surface area contributed by atoms with Gasteiger partial charge >= 0.3 is 0 Å². The number of benzene rings is 1. The van der Waals surface area contributed by atoms with Gasteiger partial charge in [0.25, 0.3) is 10.0 Å². The smallest absolute Gasteiger partial charge is 0.276 e. The van der Waals surface area contributed by atoms with Crippen LogP contribution in [0.25, 0.3) is 0 Å². The molecule has 3 rings (SSSR count). The van der Waals surface area contributed by atoms with Gasteiger partial charge in [0, 0.05) is 13.1 Å². The Balaban J connectivity index is 1.84. The van der Waals surface area contributed by atoms with Crippen molar-refractivity contribution in [3.8, 4) is 0 Å². The molecule has 2 heterocycles. The van der Waals surface area contributed by atoms with Crippen molar-refractivity contribution >= 4 is 19.9 Å². The Kier molecular flexibility index (Phi) is 4.69. The lowest BCUT2D eigenvalue weighted by atomic mass is 10.3. The quantitative estimate of drug-likeness (QED) is 0.731. The standard InChI is InChI=1S/C15H15F2NO5S2/c16-13-5-4-12(9-14(13)17)24(19,20)10-11-3-6-15(23-11)25(21,22)18-7-1-2-8-18/h3-6,9H,1-2,7-8,10H2. The van der Waals surface area contributed by atoms with Crippen LogP contribution >= 0.6 is 0 Å². The molecular formula is C15H15F2NO5S2. The van der Waals surface area contributed by atoms with E-state index in [4.69, 9.17) is 4.42 Å². The molecule has 25 heavy (non-hydrogen) atoms. The maximum Gasteiger partial charge on any atom is 0.276 e. The summed E-state index contributed by atoms with van der Waals surface area (Å²) in [5, 5.41) is -0.329. The van der Waals surface area contributed by atoms with Crippen LogP contribution in [-0.2, 0) is 25.6 Å². The number of nitrogens with zero attached hydrogens (tertiary/aromatic N) is 1. The number of furan rings is 1. The summed E-state index contributed by atoms with van der Waals surface area (Å²) in [6.07, 6.45) is 1.52. The fraction of sp³-hybridized carbons (Fsp3) is 0.333. The lowest BCUT2D eigenvalue weighted by Crippen LogP contribution is -2.27. The van der Waals surface area contributed by atoms with Crippen LogP contribution < -0.4 is 0 Å². The molecule has 10 heteroatoms. The third kappa shape index (κ3) is 3.60. The van der Waals surface area contributed by atoms with Gasteiger partial charge in [0.1, 0.15) is 11.5 Å². The number of hydrogen-bond donors (Lipinski definition) is 0. The van der Waals surface area contributed by atoms with Gasteiger partial charge in [-0.2, -0.15) is 4.31 Å². The minimum atomic E-state index is -4.01. The maximum atomic E-state index is 13.2. The number of halogens is 2. The van der Waals surface area contributed by atoms with Gasteiger partial charge in [-0.1, -0.05) is 0 Å². The average molecular weight is 391 g/mol. The molecule has 0 spiro atoms. The van der Waals surface area contributed by atoms with Crippen LogP contribution in [-0.4, -0.2) is 34.2 Å². The fourth-order valence-electron chi connectivity index (χ4n) is 2.57. The first-order valence-corrected chi connectivity index (χ1v) is 10.6. The predicted molar refractivity (Wildman–Crippen MR) is 83.9 cm³/mol. The second kappa shape index (κ2) is 6.50. The van der Waals surface area contributed by atoms with Crippen LogP contribution in [0.2, 0.25) is 0 Å². The van der Waals surface area contributed by atoms with Crippen molar-refractivity contribution in [2.45, 2.75) is 28.6 Å². The van der Waals surface area contributed by atoms with Crippen molar-refractivity contribution in [3.63, 3.8) is 0 Å². The van der Waals surface area contributed by atoms with Gasteiger partial charge in [0.05, 0.1) is 4.90 Å². The monoisotopic (exact) mass is 391 g/mol. The SMILES string of the molecule is O=S(=O)(Cc1ccc(S(=O)(=O)N2CCCC2)o1)c1ccc(F)c(F)c1. The summed E-state index contributed by atoms with van der Waals surface area (Å²) in [5.74, 6) is -3.19. The van der Waals surface area contributed by atoms with Crippen LogP contribution in [0.3, 0.4) is 0 Å². The van der Waals surface area contributed by atoms with Gasteiger partial charge in [0.15, 0.2) is 21.5 Å². The number of sulfone groups is 1. The topological polar surface area (TPSA) is 84.7 Å². The molecule has 0 bridgehead atoms. The van der Waals surface area contributed by atoms with Crippen molar-refractivity contribution in [2.75, 3.05) is 13.1 Å². The molecule has 0 amide bonds. The molecule has 0 saturated carbocycles. The van der Waals surface area contributed by atoms with Crippen LogP contribution in [0.15, 0.2) is 44.7 Å². The molecule has 136 valence electrons.